The quantitative estimate of drug-likeness (QED) is 0.502. The zero-order valence-electron chi connectivity index (χ0n) is 11.3. The van der Waals surface area contributed by atoms with Crippen LogP contribution in [0.1, 0.15) is 10.4 Å². The number of fused-ring (bicyclic) bond motifs is 2. The fourth-order valence-electron chi connectivity index (χ4n) is 2.16. The molecule has 1 N–H and O–H groups in total. The Hall–Kier alpha value is -1.73. The number of rotatable bonds is 2. The van der Waals surface area contributed by atoms with Crippen molar-refractivity contribution < 1.29 is 4.79 Å². The fourth-order valence-corrected chi connectivity index (χ4v) is 4.16. The maximum absolute atomic E-state index is 12.4. The first-order chi connectivity index (χ1) is 11.1. The van der Waals surface area contributed by atoms with E-state index in [0.717, 1.165) is 14.9 Å². The molecule has 0 aliphatic carbocycles. The topological polar surface area (TPSA) is 54.9 Å². The second kappa shape index (κ2) is 5.72. The molecular weight excluding hydrogens is 373 g/mol. The number of thiazole rings is 2. The van der Waals surface area contributed by atoms with Gasteiger partial charge < -0.3 is 0 Å². The Kier molecular flexibility index (Phi) is 3.69. The van der Waals surface area contributed by atoms with Crippen LogP contribution in [0.2, 0.25) is 10.0 Å². The summed E-state index contributed by atoms with van der Waals surface area (Å²) in [6.45, 7) is 0. The predicted molar refractivity (Wildman–Crippen MR) is 97.2 cm³/mol. The predicted octanol–water partition coefficient (Wildman–Crippen LogP) is 5.47. The zero-order valence-corrected chi connectivity index (χ0v) is 14.5. The van der Waals surface area contributed by atoms with E-state index >= 15 is 0 Å². The molecule has 4 rings (SSSR count). The Labute approximate surface area is 148 Å². The largest absolute Gasteiger partial charge is 0.298 e. The first-order valence-electron chi connectivity index (χ1n) is 6.51. The minimum atomic E-state index is -0.221. The lowest BCUT2D eigenvalue weighted by molar-refractivity contribution is 0.102. The second-order valence-electron chi connectivity index (χ2n) is 4.72. The van der Waals surface area contributed by atoms with Gasteiger partial charge in [-0.15, -0.1) is 11.3 Å². The van der Waals surface area contributed by atoms with Crippen molar-refractivity contribution in [3.8, 4) is 0 Å². The molecule has 0 aliphatic heterocycles. The highest BCUT2D eigenvalue weighted by molar-refractivity contribution is 7.22. The van der Waals surface area contributed by atoms with Crippen LogP contribution in [0.3, 0.4) is 0 Å². The smallest absolute Gasteiger partial charge is 0.257 e. The van der Waals surface area contributed by atoms with E-state index in [0.29, 0.717) is 26.3 Å². The maximum atomic E-state index is 12.4. The van der Waals surface area contributed by atoms with Crippen LogP contribution < -0.4 is 5.32 Å². The normalized spacial score (nSPS) is 11.2. The summed E-state index contributed by atoms with van der Waals surface area (Å²) in [5.41, 5.74) is 3.79. The summed E-state index contributed by atoms with van der Waals surface area (Å²) < 4.78 is 1.84. The summed E-state index contributed by atoms with van der Waals surface area (Å²) in [5, 5.41) is 4.12. The average molecular weight is 380 g/mol. The lowest BCUT2D eigenvalue weighted by Crippen LogP contribution is -2.11. The third-order valence-electron chi connectivity index (χ3n) is 3.27. The number of carbonyl (C=O) groups excluding carboxylic acids is 1. The Morgan fingerprint density at radius 3 is 2.87 bits per heavy atom. The number of hydrogen-bond donors (Lipinski definition) is 1. The van der Waals surface area contributed by atoms with Crippen molar-refractivity contribution in [2.45, 2.75) is 0 Å². The van der Waals surface area contributed by atoms with Crippen molar-refractivity contribution in [3.63, 3.8) is 0 Å². The Balaban J connectivity index is 1.66. The van der Waals surface area contributed by atoms with Gasteiger partial charge in [0.25, 0.3) is 5.91 Å². The van der Waals surface area contributed by atoms with E-state index in [1.165, 1.54) is 22.7 Å². The van der Waals surface area contributed by atoms with Gasteiger partial charge >= 0.3 is 0 Å². The van der Waals surface area contributed by atoms with Gasteiger partial charge in [-0.1, -0.05) is 34.5 Å². The molecule has 114 valence electrons. The summed E-state index contributed by atoms with van der Waals surface area (Å²) in [4.78, 5) is 20.9. The van der Waals surface area contributed by atoms with Gasteiger partial charge in [-0.2, -0.15) is 0 Å². The van der Waals surface area contributed by atoms with Gasteiger partial charge in [0.1, 0.15) is 5.52 Å². The molecule has 1 amide bonds. The minimum absolute atomic E-state index is 0.221. The molecular formula is C15H7Cl2N3OS2. The van der Waals surface area contributed by atoms with E-state index in [4.69, 9.17) is 23.2 Å². The van der Waals surface area contributed by atoms with Crippen molar-refractivity contribution in [2.24, 2.45) is 0 Å². The van der Waals surface area contributed by atoms with Crippen LogP contribution >= 0.6 is 45.9 Å². The minimum Gasteiger partial charge on any atom is -0.298 e. The van der Waals surface area contributed by atoms with Crippen molar-refractivity contribution >= 4 is 77.3 Å². The van der Waals surface area contributed by atoms with Gasteiger partial charge in [0.2, 0.25) is 0 Å². The van der Waals surface area contributed by atoms with Crippen LogP contribution in [0.4, 0.5) is 5.13 Å². The molecule has 0 bridgehead atoms. The van der Waals surface area contributed by atoms with Crippen molar-refractivity contribution in [3.05, 3.63) is 51.5 Å². The van der Waals surface area contributed by atoms with Gasteiger partial charge in [-0.3, -0.25) is 10.1 Å². The molecule has 2 aromatic carbocycles. The Morgan fingerprint density at radius 2 is 2.00 bits per heavy atom. The Bertz CT molecular complexity index is 1060. The van der Waals surface area contributed by atoms with Crippen LogP contribution in [0.15, 0.2) is 35.8 Å². The first kappa shape index (κ1) is 14.8. The summed E-state index contributed by atoms with van der Waals surface area (Å²) in [6, 6.07) is 8.94. The highest BCUT2D eigenvalue weighted by Gasteiger charge is 2.13. The lowest BCUT2D eigenvalue weighted by Gasteiger charge is -2.01. The van der Waals surface area contributed by atoms with Gasteiger partial charge in [0.05, 0.1) is 30.5 Å². The molecule has 2 heterocycles. The molecule has 0 radical (unpaired) electrons. The molecule has 0 spiro atoms. The monoisotopic (exact) mass is 379 g/mol. The van der Waals surface area contributed by atoms with Crippen LogP contribution in [0.25, 0.3) is 20.4 Å². The third-order valence-corrected chi connectivity index (χ3v) is 5.79. The van der Waals surface area contributed by atoms with Crippen molar-refractivity contribution in [1.29, 1.82) is 0 Å². The van der Waals surface area contributed by atoms with Crippen LogP contribution in [-0.2, 0) is 0 Å². The fraction of sp³-hybridized carbons (Fsp3) is 0. The summed E-state index contributed by atoms with van der Waals surface area (Å²) >= 11 is 15.0. The molecule has 4 aromatic rings. The number of nitrogens with one attached hydrogen (secondary N) is 1. The highest BCUT2D eigenvalue weighted by Crippen LogP contribution is 2.35. The second-order valence-corrected chi connectivity index (χ2v) is 7.42. The van der Waals surface area contributed by atoms with Gasteiger partial charge in [0, 0.05) is 5.56 Å². The highest BCUT2D eigenvalue weighted by atomic mass is 35.5. The van der Waals surface area contributed by atoms with E-state index in [2.05, 4.69) is 15.3 Å². The molecule has 2 aromatic heterocycles. The van der Waals surface area contributed by atoms with E-state index in [9.17, 15) is 4.79 Å². The number of benzene rings is 2. The molecule has 23 heavy (non-hydrogen) atoms. The lowest BCUT2D eigenvalue weighted by atomic mass is 10.2. The summed E-state index contributed by atoms with van der Waals surface area (Å²) in [5.74, 6) is -0.221. The number of halogens is 2. The van der Waals surface area contributed by atoms with E-state index < -0.39 is 0 Å². The van der Waals surface area contributed by atoms with Crippen molar-refractivity contribution in [2.75, 3.05) is 5.32 Å². The van der Waals surface area contributed by atoms with Gasteiger partial charge in [0.15, 0.2) is 5.13 Å². The number of carbonyl (C=O) groups is 1. The number of anilines is 1. The summed E-state index contributed by atoms with van der Waals surface area (Å²) in [6.07, 6.45) is 0. The standard InChI is InChI=1S/C15H7Cl2N3OS2/c16-8-2-4-10-13(12(8)17)19-15(23-10)20-14(21)7-1-3-9-11(5-7)22-6-18-9/h1-6H,(H,19,20,21). The van der Waals surface area contributed by atoms with E-state index in [1.807, 2.05) is 18.2 Å². The van der Waals surface area contributed by atoms with Gasteiger partial charge in [-0.25, -0.2) is 9.97 Å². The van der Waals surface area contributed by atoms with E-state index in [1.54, 1.807) is 17.6 Å². The van der Waals surface area contributed by atoms with Crippen LogP contribution in [0.5, 0.6) is 0 Å². The Morgan fingerprint density at radius 1 is 1.13 bits per heavy atom. The number of hydrogen-bond acceptors (Lipinski definition) is 5. The number of amides is 1. The average Bonchev–Trinajstić information content (AvgIpc) is 3.16. The molecule has 0 atom stereocenters. The third kappa shape index (κ3) is 2.68. The van der Waals surface area contributed by atoms with Crippen LogP contribution in [0, 0.1) is 0 Å². The van der Waals surface area contributed by atoms with Crippen molar-refractivity contribution in [1.82, 2.24) is 9.97 Å². The SMILES string of the molecule is O=C(Nc1nc2c(Cl)c(Cl)ccc2s1)c1ccc2ncsc2c1. The summed E-state index contributed by atoms with van der Waals surface area (Å²) in [7, 11) is 0. The molecule has 0 unspecified atom stereocenters. The number of nitrogens with zero attached hydrogens (tertiary/aromatic N) is 2. The molecule has 0 saturated carbocycles. The molecule has 0 fully saturated rings. The maximum Gasteiger partial charge on any atom is 0.257 e. The molecule has 0 aliphatic rings. The first-order valence-corrected chi connectivity index (χ1v) is 8.96. The molecule has 8 heteroatoms. The van der Waals surface area contributed by atoms with Gasteiger partial charge in [-0.05, 0) is 30.3 Å². The zero-order chi connectivity index (χ0) is 16.0. The van der Waals surface area contributed by atoms with Crippen LogP contribution in [-0.4, -0.2) is 15.9 Å². The molecule has 0 saturated heterocycles. The van der Waals surface area contributed by atoms with E-state index in [-0.39, 0.29) is 5.91 Å². The molecule has 4 nitrogen and oxygen atoms in total. The number of aromatic nitrogens is 2.